The number of anilines is 1. The molecule has 1 aromatic heterocycles. The van der Waals surface area contributed by atoms with Crippen LogP contribution in [0.2, 0.25) is 0 Å². The van der Waals surface area contributed by atoms with E-state index in [1.165, 1.54) is 18.7 Å². The number of nitriles is 1. The molecule has 124 valence electrons. The average Bonchev–Trinajstić information content (AvgIpc) is 2.56. The maximum atomic E-state index is 12.1. The summed E-state index contributed by atoms with van der Waals surface area (Å²) in [6.45, 7) is 4.22. The maximum absolute atomic E-state index is 12.1. The lowest BCUT2D eigenvalue weighted by atomic mass is 10.2. The van der Waals surface area contributed by atoms with E-state index in [2.05, 4.69) is 5.32 Å². The Morgan fingerprint density at radius 3 is 2.30 bits per heavy atom. The Morgan fingerprint density at radius 1 is 1.17 bits per heavy atom. The first kappa shape index (κ1) is 16.6. The van der Waals surface area contributed by atoms with Crippen molar-refractivity contribution < 1.29 is 4.79 Å². The SMILES string of the molecule is CCNC(=O)N1CCN(c2c(C#N)c(=O)n(C)c(=O)n2C)CC1. The van der Waals surface area contributed by atoms with Gasteiger partial charge in [0.2, 0.25) is 0 Å². The van der Waals surface area contributed by atoms with E-state index in [4.69, 9.17) is 0 Å². The normalized spacial score (nSPS) is 14.5. The third-order valence-corrected chi connectivity index (χ3v) is 3.94. The van der Waals surface area contributed by atoms with Gasteiger partial charge in [-0.05, 0) is 6.92 Å². The molecule has 0 bridgehead atoms. The molecule has 1 N–H and O–H groups in total. The molecule has 2 heterocycles. The highest BCUT2D eigenvalue weighted by Crippen LogP contribution is 2.16. The number of hydrogen-bond acceptors (Lipinski definition) is 5. The number of hydrogen-bond donors (Lipinski definition) is 1. The van der Waals surface area contributed by atoms with E-state index in [-0.39, 0.29) is 11.6 Å². The van der Waals surface area contributed by atoms with E-state index in [1.54, 1.807) is 9.80 Å². The van der Waals surface area contributed by atoms with Crippen LogP contribution < -0.4 is 21.5 Å². The second-order valence-electron chi connectivity index (χ2n) is 5.33. The second-order valence-corrected chi connectivity index (χ2v) is 5.33. The molecule has 1 fully saturated rings. The summed E-state index contributed by atoms with van der Waals surface area (Å²) >= 11 is 0. The molecular formula is C14H20N6O3. The Kier molecular flexibility index (Phi) is 4.74. The summed E-state index contributed by atoms with van der Waals surface area (Å²) in [5, 5.41) is 12.0. The molecular weight excluding hydrogens is 300 g/mol. The standard InChI is InChI=1S/C14H20N6O3/c1-4-16-13(22)20-7-5-19(6-8-20)11-10(9-15)12(21)18(3)14(23)17(11)2/h4-8H2,1-3H3,(H,16,22). The van der Waals surface area contributed by atoms with E-state index in [1.807, 2.05) is 13.0 Å². The van der Waals surface area contributed by atoms with Gasteiger partial charge in [0.05, 0.1) is 0 Å². The van der Waals surface area contributed by atoms with Gasteiger partial charge in [-0.2, -0.15) is 5.26 Å². The molecule has 2 amide bonds. The number of carbonyl (C=O) groups excluding carboxylic acids is 1. The van der Waals surface area contributed by atoms with Crippen LogP contribution in [0.15, 0.2) is 9.59 Å². The smallest absolute Gasteiger partial charge is 0.332 e. The van der Waals surface area contributed by atoms with Crippen LogP contribution in [0.4, 0.5) is 10.6 Å². The molecule has 0 radical (unpaired) electrons. The van der Waals surface area contributed by atoms with Crippen LogP contribution in [0.1, 0.15) is 12.5 Å². The van der Waals surface area contributed by atoms with Crippen molar-refractivity contribution in [3.05, 3.63) is 26.4 Å². The quantitative estimate of drug-likeness (QED) is 0.738. The lowest BCUT2D eigenvalue weighted by Gasteiger charge is -2.36. The van der Waals surface area contributed by atoms with E-state index >= 15 is 0 Å². The van der Waals surface area contributed by atoms with Gasteiger partial charge in [-0.3, -0.25) is 13.9 Å². The average molecular weight is 320 g/mol. The lowest BCUT2D eigenvalue weighted by molar-refractivity contribution is 0.194. The number of piperazine rings is 1. The summed E-state index contributed by atoms with van der Waals surface area (Å²) in [6.07, 6.45) is 0. The van der Waals surface area contributed by atoms with Gasteiger partial charge in [0.15, 0.2) is 5.56 Å². The lowest BCUT2D eigenvalue weighted by Crippen LogP contribution is -2.53. The monoisotopic (exact) mass is 320 g/mol. The van der Waals surface area contributed by atoms with E-state index in [9.17, 15) is 19.6 Å². The van der Waals surface area contributed by atoms with Crippen molar-refractivity contribution >= 4 is 11.8 Å². The van der Waals surface area contributed by atoms with Crippen LogP contribution in [0.25, 0.3) is 0 Å². The molecule has 1 saturated heterocycles. The molecule has 0 aromatic carbocycles. The number of carbonyl (C=O) groups is 1. The molecule has 1 aliphatic heterocycles. The minimum atomic E-state index is -0.600. The predicted molar refractivity (Wildman–Crippen MR) is 84.5 cm³/mol. The summed E-state index contributed by atoms with van der Waals surface area (Å²) in [5.41, 5.74) is -1.13. The van der Waals surface area contributed by atoms with Gasteiger partial charge >= 0.3 is 11.7 Å². The molecule has 0 aliphatic carbocycles. The molecule has 1 aromatic rings. The zero-order valence-corrected chi connectivity index (χ0v) is 13.5. The number of nitrogens with zero attached hydrogens (tertiary/aromatic N) is 5. The van der Waals surface area contributed by atoms with Crippen molar-refractivity contribution in [1.82, 2.24) is 19.4 Å². The molecule has 2 rings (SSSR count). The predicted octanol–water partition coefficient (Wildman–Crippen LogP) is -1.19. The Morgan fingerprint density at radius 2 is 1.78 bits per heavy atom. The molecule has 0 unspecified atom stereocenters. The van der Waals surface area contributed by atoms with Gasteiger partial charge in [0, 0.05) is 46.8 Å². The minimum Gasteiger partial charge on any atom is -0.353 e. The van der Waals surface area contributed by atoms with Gasteiger partial charge in [-0.25, -0.2) is 9.59 Å². The summed E-state index contributed by atoms with van der Waals surface area (Å²) in [6, 6.07) is 1.76. The molecule has 9 heteroatoms. The highest BCUT2D eigenvalue weighted by atomic mass is 16.2. The zero-order chi connectivity index (χ0) is 17.1. The van der Waals surface area contributed by atoms with Crippen molar-refractivity contribution in [3.63, 3.8) is 0 Å². The first-order chi connectivity index (χ1) is 10.9. The third-order valence-electron chi connectivity index (χ3n) is 3.94. The maximum Gasteiger partial charge on any atom is 0.332 e. The van der Waals surface area contributed by atoms with Crippen molar-refractivity contribution in [2.75, 3.05) is 37.6 Å². The fourth-order valence-electron chi connectivity index (χ4n) is 2.69. The topological polar surface area (TPSA) is 103 Å². The van der Waals surface area contributed by atoms with Crippen molar-refractivity contribution in [3.8, 4) is 6.07 Å². The number of rotatable bonds is 2. The second kappa shape index (κ2) is 6.56. The summed E-state index contributed by atoms with van der Waals surface area (Å²) in [5.74, 6) is 0.316. The van der Waals surface area contributed by atoms with Crippen LogP contribution in [0, 0.1) is 11.3 Å². The van der Waals surface area contributed by atoms with E-state index in [0.717, 1.165) is 4.57 Å². The van der Waals surface area contributed by atoms with Crippen molar-refractivity contribution in [1.29, 1.82) is 5.26 Å². The van der Waals surface area contributed by atoms with Crippen LogP contribution in [-0.2, 0) is 14.1 Å². The van der Waals surface area contributed by atoms with Crippen molar-refractivity contribution in [2.45, 2.75) is 6.92 Å². The van der Waals surface area contributed by atoms with Crippen LogP contribution >= 0.6 is 0 Å². The molecule has 0 spiro atoms. The summed E-state index contributed by atoms with van der Waals surface area (Å²) in [7, 11) is 2.89. The molecule has 9 nitrogen and oxygen atoms in total. The number of aromatic nitrogens is 2. The Bertz CT molecular complexity index is 764. The van der Waals surface area contributed by atoms with Crippen LogP contribution in [0.5, 0.6) is 0 Å². The first-order valence-electron chi connectivity index (χ1n) is 7.40. The van der Waals surface area contributed by atoms with Gasteiger partial charge in [0.25, 0.3) is 5.56 Å². The van der Waals surface area contributed by atoms with E-state index in [0.29, 0.717) is 38.5 Å². The summed E-state index contributed by atoms with van der Waals surface area (Å²) in [4.78, 5) is 39.5. The highest BCUT2D eigenvalue weighted by molar-refractivity contribution is 5.74. The third kappa shape index (κ3) is 2.92. The van der Waals surface area contributed by atoms with E-state index < -0.39 is 11.2 Å². The van der Waals surface area contributed by atoms with Crippen LogP contribution in [-0.4, -0.2) is 52.8 Å². The summed E-state index contributed by atoms with van der Waals surface area (Å²) < 4.78 is 2.23. The number of amides is 2. The van der Waals surface area contributed by atoms with Gasteiger partial charge in [0.1, 0.15) is 11.9 Å². The van der Waals surface area contributed by atoms with Crippen LogP contribution in [0.3, 0.4) is 0 Å². The Hall–Kier alpha value is -2.76. The van der Waals surface area contributed by atoms with Gasteiger partial charge < -0.3 is 15.1 Å². The fraction of sp³-hybridized carbons (Fsp3) is 0.571. The number of urea groups is 1. The van der Waals surface area contributed by atoms with Gasteiger partial charge in [-0.15, -0.1) is 0 Å². The molecule has 0 atom stereocenters. The minimum absolute atomic E-state index is 0.0546. The molecule has 23 heavy (non-hydrogen) atoms. The highest BCUT2D eigenvalue weighted by Gasteiger charge is 2.26. The van der Waals surface area contributed by atoms with Crippen molar-refractivity contribution in [2.24, 2.45) is 14.1 Å². The fourth-order valence-corrected chi connectivity index (χ4v) is 2.69. The Labute approximate surface area is 133 Å². The zero-order valence-electron chi connectivity index (χ0n) is 13.5. The first-order valence-corrected chi connectivity index (χ1v) is 7.40. The Balaban J connectivity index is 2.32. The molecule has 1 aliphatic rings. The number of nitrogens with one attached hydrogen (secondary N) is 1. The largest absolute Gasteiger partial charge is 0.353 e. The molecule has 0 saturated carbocycles. The van der Waals surface area contributed by atoms with Gasteiger partial charge in [-0.1, -0.05) is 0 Å².